The van der Waals surface area contributed by atoms with Gasteiger partial charge >= 0.3 is 5.97 Å². The quantitative estimate of drug-likeness (QED) is 0.700. The zero-order chi connectivity index (χ0) is 20.2. The first-order valence-electron chi connectivity index (χ1n) is 9.66. The van der Waals surface area contributed by atoms with Crippen LogP contribution in [0.5, 0.6) is 0 Å². The number of likely N-dealkylation sites (tertiary alicyclic amines) is 1. The highest BCUT2D eigenvalue weighted by atomic mass is 32.1. The Bertz CT molecular complexity index is 905. The number of carbonyl (C=O) groups excluding carboxylic acids is 3. The first kappa shape index (κ1) is 19.6. The van der Waals surface area contributed by atoms with Crippen molar-refractivity contribution in [2.75, 3.05) is 44.4 Å². The summed E-state index contributed by atoms with van der Waals surface area (Å²) in [6, 6.07) is 11.7. The number of ether oxygens (including phenoxy) is 2. The van der Waals surface area contributed by atoms with Crippen LogP contribution < -0.4 is 4.90 Å². The van der Waals surface area contributed by atoms with E-state index in [1.165, 1.54) is 11.3 Å². The van der Waals surface area contributed by atoms with Gasteiger partial charge in [-0.15, -0.1) is 11.3 Å². The van der Waals surface area contributed by atoms with Gasteiger partial charge in [0.2, 0.25) is 5.91 Å². The van der Waals surface area contributed by atoms with Gasteiger partial charge in [0, 0.05) is 31.6 Å². The Balaban J connectivity index is 1.52. The first-order chi connectivity index (χ1) is 14.1. The fourth-order valence-corrected chi connectivity index (χ4v) is 4.62. The number of imide groups is 1. The van der Waals surface area contributed by atoms with E-state index in [4.69, 9.17) is 9.47 Å². The third-order valence-electron chi connectivity index (χ3n) is 5.00. The predicted octanol–water partition coefficient (Wildman–Crippen LogP) is 2.56. The van der Waals surface area contributed by atoms with Gasteiger partial charge in [0.15, 0.2) is 6.61 Å². The van der Waals surface area contributed by atoms with Crippen LogP contribution in [0.25, 0.3) is 11.1 Å². The molecule has 3 heterocycles. The van der Waals surface area contributed by atoms with E-state index in [0.717, 1.165) is 34.1 Å². The summed E-state index contributed by atoms with van der Waals surface area (Å²) in [5.74, 6) is -1.22. The molecule has 0 spiro atoms. The molecule has 2 aliphatic heterocycles. The largest absolute Gasteiger partial charge is 0.451 e. The molecule has 8 heteroatoms. The number of hydrogen-bond acceptors (Lipinski definition) is 7. The highest BCUT2D eigenvalue weighted by Crippen LogP contribution is 2.39. The molecule has 4 rings (SSSR count). The topological polar surface area (TPSA) is 76.2 Å². The van der Waals surface area contributed by atoms with E-state index in [0.29, 0.717) is 37.5 Å². The van der Waals surface area contributed by atoms with Gasteiger partial charge in [-0.25, -0.2) is 4.79 Å². The van der Waals surface area contributed by atoms with Crippen molar-refractivity contribution < 1.29 is 23.9 Å². The number of morpholine rings is 1. The number of hydrogen-bond donors (Lipinski definition) is 0. The molecule has 7 nitrogen and oxygen atoms in total. The summed E-state index contributed by atoms with van der Waals surface area (Å²) in [5.41, 5.74) is 1.98. The van der Waals surface area contributed by atoms with E-state index >= 15 is 0 Å². The lowest BCUT2D eigenvalue weighted by molar-refractivity contribution is -0.143. The van der Waals surface area contributed by atoms with Gasteiger partial charge in [0.1, 0.15) is 4.88 Å². The van der Waals surface area contributed by atoms with E-state index < -0.39 is 18.5 Å². The molecule has 0 N–H and O–H groups in total. The zero-order valence-corrected chi connectivity index (χ0v) is 16.8. The number of benzene rings is 1. The number of nitrogens with zero attached hydrogens (tertiary/aromatic N) is 2. The number of carbonyl (C=O) groups is 3. The van der Waals surface area contributed by atoms with Gasteiger partial charge in [0.25, 0.3) is 5.91 Å². The Hall–Kier alpha value is -2.71. The van der Waals surface area contributed by atoms with Gasteiger partial charge in [-0.1, -0.05) is 30.3 Å². The number of rotatable bonds is 5. The molecule has 152 valence electrons. The third-order valence-corrected chi connectivity index (χ3v) is 6.17. The van der Waals surface area contributed by atoms with Gasteiger partial charge in [-0.2, -0.15) is 0 Å². The normalized spacial score (nSPS) is 16.9. The molecule has 0 atom stereocenters. The second-order valence-corrected chi connectivity index (χ2v) is 7.94. The van der Waals surface area contributed by atoms with Crippen LogP contribution in [-0.2, 0) is 19.1 Å². The van der Waals surface area contributed by atoms with Crippen molar-refractivity contribution in [2.45, 2.75) is 12.8 Å². The Morgan fingerprint density at radius 1 is 1.10 bits per heavy atom. The van der Waals surface area contributed by atoms with Gasteiger partial charge in [-0.05, 0) is 18.1 Å². The maximum absolute atomic E-state index is 12.6. The fourth-order valence-electron chi connectivity index (χ4n) is 3.50. The van der Waals surface area contributed by atoms with E-state index in [1.807, 2.05) is 36.4 Å². The molecule has 0 saturated carbocycles. The molecule has 0 unspecified atom stereocenters. The van der Waals surface area contributed by atoms with Crippen molar-refractivity contribution in [1.29, 1.82) is 0 Å². The fraction of sp³-hybridized carbons (Fsp3) is 0.381. The van der Waals surface area contributed by atoms with Crippen LogP contribution in [0.4, 0.5) is 5.00 Å². The number of anilines is 1. The van der Waals surface area contributed by atoms with Crippen LogP contribution in [-0.4, -0.2) is 62.1 Å². The van der Waals surface area contributed by atoms with Crippen LogP contribution in [0.15, 0.2) is 36.4 Å². The molecule has 0 radical (unpaired) electrons. The lowest BCUT2D eigenvalue weighted by Gasteiger charge is -2.28. The molecule has 2 aromatic rings. The molecule has 1 aromatic heterocycles. The first-order valence-corrected chi connectivity index (χ1v) is 10.5. The van der Waals surface area contributed by atoms with Crippen molar-refractivity contribution in [1.82, 2.24) is 4.90 Å². The molecule has 0 bridgehead atoms. The van der Waals surface area contributed by atoms with Gasteiger partial charge in [-0.3, -0.25) is 14.5 Å². The van der Waals surface area contributed by atoms with Crippen molar-refractivity contribution in [2.24, 2.45) is 0 Å². The average molecular weight is 414 g/mol. The predicted molar refractivity (Wildman–Crippen MR) is 109 cm³/mol. The maximum atomic E-state index is 12.6. The van der Waals surface area contributed by atoms with Crippen molar-refractivity contribution in [3.8, 4) is 11.1 Å². The third kappa shape index (κ3) is 4.33. The highest BCUT2D eigenvalue weighted by molar-refractivity contribution is 7.18. The van der Waals surface area contributed by atoms with Gasteiger partial charge < -0.3 is 14.4 Å². The Morgan fingerprint density at radius 2 is 1.86 bits per heavy atom. The maximum Gasteiger partial charge on any atom is 0.348 e. The summed E-state index contributed by atoms with van der Waals surface area (Å²) in [5, 5.41) is 0.993. The Morgan fingerprint density at radius 3 is 2.55 bits per heavy atom. The summed E-state index contributed by atoms with van der Waals surface area (Å²) >= 11 is 1.36. The molecule has 2 saturated heterocycles. The molecular weight excluding hydrogens is 392 g/mol. The van der Waals surface area contributed by atoms with E-state index in [2.05, 4.69) is 4.90 Å². The summed E-state index contributed by atoms with van der Waals surface area (Å²) in [6.07, 6.45) is 1.03. The second-order valence-electron chi connectivity index (χ2n) is 6.91. The summed E-state index contributed by atoms with van der Waals surface area (Å²) in [7, 11) is 0. The van der Waals surface area contributed by atoms with Crippen molar-refractivity contribution in [3.63, 3.8) is 0 Å². The van der Waals surface area contributed by atoms with Crippen LogP contribution in [0.2, 0.25) is 0 Å². The molecular formula is C21H22N2O5S. The van der Waals surface area contributed by atoms with E-state index in [-0.39, 0.29) is 5.91 Å². The summed E-state index contributed by atoms with van der Waals surface area (Å²) in [6.45, 7) is 2.77. The van der Waals surface area contributed by atoms with E-state index in [9.17, 15) is 14.4 Å². The summed E-state index contributed by atoms with van der Waals surface area (Å²) < 4.78 is 10.7. The van der Waals surface area contributed by atoms with Crippen molar-refractivity contribution in [3.05, 3.63) is 41.3 Å². The Kier molecular flexibility index (Phi) is 5.92. The van der Waals surface area contributed by atoms with Crippen LogP contribution >= 0.6 is 11.3 Å². The molecule has 2 fully saturated rings. The molecule has 2 aliphatic rings. The molecule has 1 aromatic carbocycles. The summed E-state index contributed by atoms with van der Waals surface area (Å²) in [4.78, 5) is 40.2. The van der Waals surface area contributed by atoms with Gasteiger partial charge in [0.05, 0.1) is 18.2 Å². The lowest BCUT2D eigenvalue weighted by Crippen LogP contribution is -2.36. The van der Waals surface area contributed by atoms with E-state index in [1.54, 1.807) is 0 Å². The molecule has 29 heavy (non-hydrogen) atoms. The smallest absolute Gasteiger partial charge is 0.348 e. The molecule has 0 aliphatic carbocycles. The minimum Gasteiger partial charge on any atom is -0.451 e. The standard InChI is InChI=1S/C21H22N2O5S/c24-18-7-4-8-23(18)19(25)14-28-21(26)17-13-16(15-5-2-1-3-6-15)20(29-17)22-9-11-27-12-10-22/h1-3,5-6,13H,4,7-12,14H2. The Labute approximate surface area is 172 Å². The SMILES string of the molecule is O=C(OCC(=O)N1CCCC1=O)c1cc(-c2ccccc2)c(N2CCOCC2)s1. The monoisotopic (exact) mass is 414 g/mol. The van der Waals surface area contributed by atoms with Crippen LogP contribution in [0.3, 0.4) is 0 Å². The van der Waals surface area contributed by atoms with Crippen LogP contribution in [0.1, 0.15) is 22.5 Å². The zero-order valence-electron chi connectivity index (χ0n) is 16.0. The number of esters is 1. The van der Waals surface area contributed by atoms with Crippen molar-refractivity contribution >= 4 is 34.1 Å². The minimum absolute atomic E-state index is 0.205. The number of amides is 2. The lowest BCUT2D eigenvalue weighted by atomic mass is 10.1. The second kappa shape index (κ2) is 8.75. The number of thiophene rings is 1. The highest BCUT2D eigenvalue weighted by Gasteiger charge is 2.28. The average Bonchev–Trinajstić information content (AvgIpc) is 3.40. The van der Waals surface area contributed by atoms with Crippen LogP contribution in [0, 0.1) is 0 Å². The molecule has 2 amide bonds. The minimum atomic E-state index is -0.549.